The zero-order chi connectivity index (χ0) is 25.3. The van der Waals surface area contributed by atoms with Gasteiger partial charge in [-0.1, -0.05) is 0 Å². The number of amides is 1. The second-order valence-corrected chi connectivity index (χ2v) is 10.9. The normalized spacial score (nSPS) is 15.1. The van der Waals surface area contributed by atoms with Gasteiger partial charge in [-0.25, -0.2) is 18.0 Å². The molecule has 1 aliphatic rings. The van der Waals surface area contributed by atoms with Crippen LogP contribution in [0.25, 0.3) is 0 Å². The lowest BCUT2D eigenvalue weighted by atomic mass is 10.2. The van der Waals surface area contributed by atoms with Crippen LogP contribution in [0.3, 0.4) is 0 Å². The number of aryl methyl sites for hydroxylation is 1. The van der Waals surface area contributed by atoms with Crippen molar-refractivity contribution in [2.75, 3.05) is 26.2 Å². The number of ether oxygens (including phenoxy) is 2. The van der Waals surface area contributed by atoms with Crippen molar-refractivity contribution in [1.82, 2.24) is 9.21 Å². The summed E-state index contributed by atoms with van der Waals surface area (Å²) in [6.07, 6.45) is -0.527. The number of nitrogens with zero attached hydrogens (tertiary/aromatic N) is 2. The second-order valence-electron chi connectivity index (χ2n) is 8.94. The number of carboxylic acid groups (broad SMARTS) is 1. The van der Waals surface area contributed by atoms with Gasteiger partial charge in [0.15, 0.2) is 0 Å². The van der Waals surface area contributed by atoms with Crippen molar-refractivity contribution in [1.29, 1.82) is 0 Å². The molecule has 11 heteroatoms. The SMILES string of the molecule is Cc1cc(O)cc(Oc2ccc(C(=O)O)cc2S(=O)(=O)N2CCN(C(=O)OC(C)(C)C)CC2)c1. The summed E-state index contributed by atoms with van der Waals surface area (Å²) in [6.45, 7) is 7.22. The third kappa shape index (κ3) is 5.97. The van der Waals surface area contributed by atoms with E-state index in [0.29, 0.717) is 5.56 Å². The van der Waals surface area contributed by atoms with Gasteiger partial charge < -0.3 is 24.6 Å². The summed E-state index contributed by atoms with van der Waals surface area (Å²) < 4.78 is 39.2. The zero-order valence-electron chi connectivity index (χ0n) is 19.4. The summed E-state index contributed by atoms with van der Waals surface area (Å²) in [5.74, 6) is -1.22. The van der Waals surface area contributed by atoms with Crippen molar-refractivity contribution in [2.24, 2.45) is 0 Å². The van der Waals surface area contributed by atoms with Gasteiger partial charge in [-0.15, -0.1) is 0 Å². The van der Waals surface area contributed by atoms with Crippen LogP contribution < -0.4 is 4.74 Å². The first-order valence-electron chi connectivity index (χ1n) is 10.6. The fraction of sp³-hybridized carbons (Fsp3) is 0.391. The molecule has 0 bridgehead atoms. The molecule has 1 heterocycles. The summed E-state index contributed by atoms with van der Waals surface area (Å²) in [7, 11) is -4.17. The van der Waals surface area contributed by atoms with E-state index < -0.39 is 27.7 Å². The highest BCUT2D eigenvalue weighted by Gasteiger charge is 2.34. The third-order valence-corrected chi connectivity index (χ3v) is 6.88. The first-order chi connectivity index (χ1) is 15.8. The average Bonchev–Trinajstić information content (AvgIpc) is 2.72. The Morgan fingerprint density at radius 2 is 1.65 bits per heavy atom. The average molecular weight is 493 g/mol. The number of hydrogen-bond donors (Lipinski definition) is 2. The minimum Gasteiger partial charge on any atom is -0.508 e. The van der Waals surface area contributed by atoms with Gasteiger partial charge >= 0.3 is 12.1 Å². The molecular formula is C23H28N2O8S. The Hall–Kier alpha value is -3.31. The fourth-order valence-corrected chi connectivity index (χ4v) is 4.98. The van der Waals surface area contributed by atoms with Crippen LogP contribution in [-0.4, -0.2) is 71.7 Å². The number of rotatable bonds is 5. The molecular weight excluding hydrogens is 464 g/mol. The predicted octanol–water partition coefficient (Wildman–Crippen LogP) is 3.43. The molecule has 2 N–H and O–H groups in total. The Kier molecular flexibility index (Phi) is 7.08. The number of carboxylic acids is 1. The monoisotopic (exact) mass is 492 g/mol. The summed E-state index contributed by atoms with van der Waals surface area (Å²) in [4.78, 5) is 24.9. The lowest BCUT2D eigenvalue weighted by Crippen LogP contribution is -2.51. The minimum atomic E-state index is -4.17. The quantitative estimate of drug-likeness (QED) is 0.648. The molecule has 1 fully saturated rings. The Labute approximate surface area is 198 Å². The van der Waals surface area contributed by atoms with Crippen LogP contribution in [-0.2, 0) is 14.8 Å². The molecule has 1 saturated heterocycles. The number of phenolic OH excluding ortho intramolecular Hbond substituents is 1. The highest BCUT2D eigenvalue weighted by Crippen LogP contribution is 2.34. The van der Waals surface area contributed by atoms with Crippen molar-refractivity contribution in [2.45, 2.75) is 38.2 Å². The van der Waals surface area contributed by atoms with Crippen molar-refractivity contribution >= 4 is 22.1 Å². The summed E-state index contributed by atoms with van der Waals surface area (Å²) in [6, 6.07) is 8.01. The number of carbonyl (C=O) groups excluding carboxylic acids is 1. The van der Waals surface area contributed by atoms with Crippen molar-refractivity contribution in [3.05, 3.63) is 47.5 Å². The van der Waals surface area contributed by atoms with Gasteiger partial charge in [0.2, 0.25) is 10.0 Å². The van der Waals surface area contributed by atoms with Gasteiger partial charge in [0.05, 0.1) is 5.56 Å². The molecule has 0 unspecified atom stereocenters. The molecule has 1 aliphatic heterocycles. The number of benzene rings is 2. The molecule has 0 saturated carbocycles. The van der Waals surface area contributed by atoms with E-state index in [1.807, 2.05) is 0 Å². The van der Waals surface area contributed by atoms with Gasteiger partial charge in [-0.05, 0) is 63.6 Å². The van der Waals surface area contributed by atoms with E-state index in [2.05, 4.69) is 0 Å². The fourth-order valence-electron chi connectivity index (χ4n) is 3.42. The Morgan fingerprint density at radius 1 is 1.00 bits per heavy atom. The van der Waals surface area contributed by atoms with E-state index in [1.54, 1.807) is 33.8 Å². The first kappa shape index (κ1) is 25.3. The number of carbonyl (C=O) groups is 2. The Balaban J connectivity index is 1.88. The highest BCUT2D eigenvalue weighted by atomic mass is 32.2. The van der Waals surface area contributed by atoms with Gasteiger partial charge in [-0.3, -0.25) is 0 Å². The van der Waals surface area contributed by atoms with E-state index in [-0.39, 0.29) is 53.9 Å². The molecule has 184 valence electrons. The van der Waals surface area contributed by atoms with E-state index in [0.717, 1.165) is 6.07 Å². The van der Waals surface area contributed by atoms with Crippen LogP contribution in [0.4, 0.5) is 4.79 Å². The van der Waals surface area contributed by atoms with Crippen LogP contribution in [0.15, 0.2) is 41.3 Å². The maximum absolute atomic E-state index is 13.5. The molecule has 3 rings (SSSR count). The van der Waals surface area contributed by atoms with Gasteiger partial charge in [-0.2, -0.15) is 4.31 Å². The molecule has 1 amide bonds. The maximum Gasteiger partial charge on any atom is 0.410 e. The number of phenols is 1. The lowest BCUT2D eigenvalue weighted by Gasteiger charge is -2.35. The van der Waals surface area contributed by atoms with Crippen LogP contribution in [0.2, 0.25) is 0 Å². The summed E-state index contributed by atoms with van der Waals surface area (Å²) >= 11 is 0. The van der Waals surface area contributed by atoms with Crippen molar-refractivity contribution < 1.29 is 37.7 Å². The minimum absolute atomic E-state index is 0.00352. The number of piperazine rings is 1. The largest absolute Gasteiger partial charge is 0.508 e. The van der Waals surface area contributed by atoms with E-state index >= 15 is 0 Å². The molecule has 2 aromatic carbocycles. The van der Waals surface area contributed by atoms with Gasteiger partial charge in [0, 0.05) is 32.2 Å². The topological polar surface area (TPSA) is 134 Å². The van der Waals surface area contributed by atoms with Crippen LogP contribution >= 0.6 is 0 Å². The van der Waals surface area contributed by atoms with Gasteiger partial charge in [0.25, 0.3) is 0 Å². The molecule has 0 atom stereocenters. The molecule has 0 aromatic heterocycles. The molecule has 10 nitrogen and oxygen atoms in total. The Morgan fingerprint density at radius 3 is 2.21 bits per heavy atom. The van der Waals surface area contributed by atoms with Crippen LogP contribution in [0.5, 0.6) is 17.2 Å². The standard InChI is InChI=1S/C23H28N2O8S/c1-15-11-17(26)14-18(12-15)32-19-6-5-16(21(27)28)13-20(19)34(30,31)25-9-7-24(8-10-25)22(29)33-23(2,3)4/h5-6,11-14,26H,7-10H2,1-4H3,(H,27,28). The third-order valence-electron chi connectivity index (χ3n) is 4.96. The van der Waals surface area contributed by atoms with E-state index in [4.69, 9.17) is 9.47 Å². The molecule has 34 heavy (non-hydrogen) atoms. The molecule has 0 radical (unpaired) electrons. The van der Waals surface area contributed by atoms with E-state index in [9.17, 15) is 28.2 Å². The van der Waals surface area contributed by atoms with E-state index in [1.165, 1.54) is 33.5 Å². The number of aromatic hydroxyl groups is 1. The summed E-state index contributed by atoms with van der Waals surface area (Å²) in [5.41, 5.74) is -0.196. The molecule has 0 spiro atoms. The smallest absolute Gasteiger partial charge is 0.410 e. The summed E-state index contributed by atoms with van der Waals surface area (Å²) in [5, 5.41) is 19.2. The van der Waals surface area contributed by atoms with Crippen molar-refractivity contribution in [3.63, 3.8) is 0 Å². The molecule has 2 aromatic rings. The van der Waals surface area contributed by atoms with Crippen LogP contribution in [0.1, 0.15) is 36.7 Å². The Bertz CT molecular complexity index is 1180. The van der Waals surface area contributed by atoms with Crippen LogP contribution in [0, 0.1) is 6.92 Å². The van der Waals surface area contributed by atoms with Crippen molar-refractivity contribution in [3.8, 4) is 17.2 Å². The number of hydrogen-bond acceptors (Lipinski definition) is 7. The number of aromatic carboxylic acids is 1. The molecule has 0 aliphatic carbocycles. The zero-order valence-corrected chi connectivity index (χ0v) is 20.3. The predicted molar refractivity (Wildman–Crippen MR) is 123 cm³/mol. The lowest BCUT2D eigenvalue weighted by molar-refractivity contribution is 0.0192. The maximum atomic E-state index is 13.5. The first-order valence-corrected chi connectivity index (χ1v) is 12.0. The van der Waals surface area contributed by atoms with Gasteiger partial charge in [0.1, 0.15) is 27.7 Å². The second kappa shape index (κ2) is 9.51. The highest BCUT2D eigenvalue weighted by molar-refractivity contribution is 7.89. The number of sulfonamides is 1.